The van der Waals surface area contributed by atoms with Crippen molar-refractivity contribution in [2.75, 3.05) is 18.2 Å². The monoisotopic (exact) mass is 292 g/mol. The molecule has 0 saturated heterocycles. The number of phenolic OH excluding ortho intramolecular Hbond substituents is 1. The highest BCUT2D eigenvalue weighted by Crippen LogP contribution is 2.28. The van der Waals surface area contributed by atoms with Crippen molar-refractivity contribution >= 4 is 28.9 Å². The highest BCUT2D eigenvalue weighted by atomic mass is 35.5. The van der Waals surface area contributed by atoms with Crippen molar-refractivity contribution in [3.8, 4) is 11.5 Å². The number of carbonyl (C=O) groups excluding carboxylic acids is 1. The molecule has 0 bridgehead atoms. The van der Waals surface area contributed by atoms with Gasteiger partial charge in [-0.05, 0) is 36.4 Å². The lowest BCUT2D eigenvalue weighted by Gasteiger charge is -2.09. The highest BCUT2D eigenvalue weighted by molar-refractivity contribution is 6.34. The fourth-order valence-electron chi connectivity index (χ4n) is 1.66. The summed E-state index contributed by atoms with van der Waals surface area (Å²) >= 11 is 5.98. The molecule has 0 radical (unpaired) electrons. The molecule has 0 saturated carbocycles. The first-order chi connectivity index (χ1) is 9.51. The van der Waals surface area contributed by atoms with Crippen molar-refractivity contribution < 1.29 is 14.6 Å². The number of hydrogen-bond donors (Lipinski definition) is 3. The van der Waals surface area contributed by atoms with Crippen LogP contribution >= 0.6 is 11.6 Å². The number of methoxy groups -OCH3 is 1. The first-order valence-corrected chi connectivity index (χ1v) is 6.12. The van der Waals surface area contributed by atoms with Crippen LogP contribution in [0.2, 0.25) is 5.02 Å². The van der Waals surface area contributed by atoms with Gasteiger partial charge in [0.15, 0.2) is 11.5 Å². The lowest BCUT2D eigenvalue weighted by atomic mass is 10.2. The van der Waals surface area contributed by atoms with E-state index >= 15 is 0 Å². The Bertz CT molecular complexity index is 659. The molecule has 0 aliphatic rings. The smallest absolute Gasteiger partial charge is 0.255 e. The van der Waals surface area contributed by atoms with Crippen molar-refractivity contribution in [2.24, 2.45) is 0 Å². The van der Waals surface area contributed by atoms with Gasteiger partial charge in [-0.2, -0.15) is 0 Å². The Morgan fingerprint density at radius 1 is 1.30 bits per heavy atom. The number of nitrogen functional groups attached to an aromatic ring is 1. The quantitative estimate of drug-likeness (QED) is 0.759. The maximum atomic E-state index is 12.1. The molecule has 2 rings (SSSR count). The number of rotatable bonds is 3. The van der Waals surface area contributed by atoms with Gasteiger partial charge in [-0.1, -0.05) is 11.6 Å². The van der Waals surface area contributed by atoms with Gasteiger partial charge >= 0.3 is 0 Å². The van der Waals surface area contributed by atoms with Crippen LogP contribution in [-0.2, 0) is 0 Å². The Balaban J connectivity index is 2.21. The molecule has 0 aromatic heterocycles. The molecule has 0 heterocycles. The van der Waals surface area contributed by atoms with E-state index in [1.165, 1.54) is 19.2 Å². The van der Waals surface area contributed by atoms with Gasteiger partial charge in [0.2, 0.25) is 0 Å². The minimum absolute atomic E-state index is 0.108. The molecule has 0 unspecified atom stereocenters. The number of anilines is 2. The standard InChI is InChI=1S/C14H13ClN2O3/c1-20-13-5-2-8(6-12(13)18)14(19)17-11-4-3-9(16)7-10(11)15/h2-7,18H,16H2,1H3,(H,17,19). The van der Waals surface area contributed by atoms with Gasteiger partial charge in [0.1, 0.15) is 0 Å². The van der Waals surface area contributed by atoms with Crippen LogP contribution in [0.25, 0.3) is 0 Å². The third kappa shape index (κ3) is 2.95. The van der Waals surface area contributed by atoms with Crippen molar-refractivity contribution in [3.05, 3.63) is 47.0 Å². The minimum atomic E-state index is -0.394. The number of phenols is 1. The molecule has 2 aromatic carbocycles. The average molecular weight is 293 g/mol. The molecule has 20 heavy (non-hydrogen) atoms. The molecule has 0 spiro atoms. The van der Waals surface area contributed by atoms with Crippen LogP contribution in [0.4, 0.5) is 11.4 Å². The van der Waals surface area contributed by atoms with Crippen molar-refractivity contribution in [1.29, 1.82) is 0 Å². The molecular weight excluding hydrogens is 280 g/mol. The zero-order valence-corrected chi connectivity index (χ0v) is 11.4. The molecule has 0 aliphatic carbocycles. The number of nitrogens with one attached hydrogen (secondary N) is 1. The molecule has 4 N–H and O–H groups in total. The van der Waals surface area contributed by atoms with Crippen molar-refractivity contribution in [1.82, 2.24) is 0 Å². The molecule has 2 aromatic rings. The summed E-state index contributed by atoms with van der Waals surface area (Å²) in [4.78, 5) is 12.1. The van der Waals surface area contributed by atoms with E-state index in [1.54, 1.807) is 24.3 Å². The zero-order chi connectivity index (χ0) is 14.7. The molecule has 1 amide bonds. The van der Waals surface area contributed by atoms with Crippen molar-refractivity contribution in [2.45, 2.75) is 0 Å². The number of nitrogens with two attached hydrogens (primary N) is 1. The molecule has 6 heteroatoms. The van der Waals surface area contributed by atoms with E-state index < -0.39 is 5.91 Å². The van der Waals surface area contributed by atoms with E-state index in [0.29, 0.717) is 22.1 Å². The van der Waals surface area contributed by atoms with Gasteiger partial charge in [0.05, 0.1) is 17.8 Å². The van der Waals surface area contributed by atoms with Gasteiger partial charge in [-0.25, -0.2) is 0 Å². The van der Waals surface area contributed by atoms with Gasteiger partial charge in [-0.15, -0.1) is 0 Å². The van der Waals surface area contributed by atoms with Gasteiger partial charge in [-0.3, -0.25) is 4.79 Å². The largest absolute Gasteiger partial charge is 0.504 e. The Morgan fingerprint density at radius 2 is 2.05 bits per heavy atom. The Morgan fingerprint density at radius 3 is 2.65 bits per heavy atom. The fraction of sp³-hybridized carbons (Fsp3) is 0.0714. The van der Waals surface area contributed by atoms with Crippen LogP contribution in [0.3, 0.4) is 0 Å². The number of ether oxygens (including phenoxy) is 1. The molecule has 5 nitrogen and oxygen atoms in total. The SMILES string of the molecule is COc1ccc(C(=O)Nc2ccc(N)cc2Cl)cc1O. The Hall–Kier alpha value is -2.40. The number of hydrogen-bond acceptors (Lipinski definition) is 4. The van der Waals surface area contributed by atoms with Crippen LogP contribution in [-0.4, -0.2) is 18.1 Å². The minimum Gasteiger partial charge on any atom is -0.504 e. The molecule has 0 aliphatic heterocycles. The van der Waals surface area contributed by atoms with Crippen LogP contribution in [0.5, 0.6) is 11.5 Å². The zero-order valence-electron chi connectivity index (χ0n) is 10.7. The second kappa shape index (κ2) is 5.71. The van der Waals surface area contributed by atoms with Crippen LogP contribution in [0.15, 0.2) is 36.4 Å². The molecule has 0 fully saturated rings. The summed E-state index contributed by atoms with van der Waals surface area (Å²) < 4.78 is 4.91. The Labute approximate surface area is 120 Å². The number of halogens is 1. The number of benzene rings is 2. The number of amides is 1. The lowest BCUT2D eigenvalue weighted by Crippen LogP contribution is -2.12. The topological polar surface area (TPSA) is 84.6 Å². The summed E-state index contributed by atoms with van der Waals surface area (Å²) in [5.74, 6) is -0.203. The van der Waals surface area contributed by atoms with E-state index in [9.17, 15) is 9.90 Å². The maximum Gasteiger partial charge on any atom is 0.255 e. The normalized spacial score (nSPS) is 10.1. The van der Waals surface area contributed by atoms with E-state index in [-0.39, 0.29) is 11.3 Å². The Kier molecular flexibility index (Phi) is 4.00. The van der Waals surface area contributed by atoms with Gasteiger partial charge in [0, 0.05) is 11.3 Å². The van der Waals surface area contributed by atoms with Crippen LogP contribution in [0.1, 0.15) is 10.4 Å². The van der Waals surface area contributed by atoms with E-state index in [1.807, 2.05) is 0 Å². The third-order valence-electron chi connectivity index (χ3n) is 2.68. The summed E-state index contributed by atoms with van der Waals surface area (Å²) in [6.45, 7) is 0. The number of carbonyl (C=O) groups is 1. The molecule has 104 valence electrons. The first kappa shape index (κ1) is 14.0. The molecular formula is C14H13ClN2O3. The van der Waals surface area contributed by atoms with E-state index in [0.717, 1.165) is 0 Å². The summed E-state index contributed by atoms with van der Waals surface area (Å²) in [7, 11) is 1.43. The predicted octanol–water partition coefficient (Wildman–Crippen LogP) is 2.89. The van der Waals surface area contributed by atoms with Crippen LogP contribution in [0, 0.1) is 0 Å². The number of aromatic hydroxyl groups is 1. The molecule has 0 atom stereocenters. The lowest BCUT2D eigenvalue weighted by molar-refractivity contribution is 0.102. The third-order valence-corrected chi connectivity index (χ3v) is 3.00. The predicted molar refractivity (Wildman–Crippen MR) is 78.5 cm³/mol. The second-order valence-corrected chi connectivity index (χ2v) is 4.49. The summed E-state index contributed by atoms with van der Waals surface area (Å²) in [5, 5.41) is 12.6. The first-order valence-electron chi connectivity index (χ1n) is 5.74. The summed E-state index contributed by atoms with van der Waals surface area (Å²) in [6.07, 6.45) is 0. The van der Waals surface area contributed by atoms with E-state index in [4.69, 9.17) is 22.1 Å². The van der Waals surface area contributed by atoms with Gasteiger partial charge in [0.25, 0.3) is 5.91 Å². The van der Waals surface area contributed by atoms with Crippen LogP contribution < -0.4 is 15.8 Å². The summed E-state index contributed by atoms with van der Waals surface area (Å²) in [6, 6.07) is 9.15. The second-order valence-electron chi connectivity index (χ2n) is 4.08. The summed E-state index contributed by atoms with van der Waals surface area (Å²) in [5.41, 5.74) is 6.82. The average Bonchev–Trinajstić information content (AvgIpc) is 2.41. The fourth-order valence-corrected chi connectivity index (χ4v) is 1.89. The highest BCUT2D eigenvalue weighted by Gasteiger charge is 2.11. The van der Waals surface area contributed by atoms with E-state index in [2.05, 4.69) is 5.32 Å². The van der Waals surface area contributed by atoms with Gasteiger partial charge < -0.3 is 20.9 Å². The van der Waals surface area contributed by atoms with Crippen molar-refractivity contribution in [3.63, 3.8) is 0 Å². The maximum absolute atomic E-state index is 12.1.